The predicted octanol–water partition coefficient (Wildman–Crippen LogP) is 6.35. The number of rotatable bonds is 16. The first-order valence-corrected chi connectivity index (χ1v) is 18.5. The molecule has 0 bridgehead atoms. The van der Waals surface area contributed by atoms with E-state index in [-0.39, 0.29) is 29.3 Å². The number of nitrogens with zero attached hydrogens (tertiary/aromatic N) is 4. The zero-order chi connectivity index (χ0) is 36.5. The number of amides is 3. The summed E-state index contributed by atoms with van der Waals surface area (Å²) in [5, 5.41) is 15.9. The van der Waals surface area contributed by atoms with Gasteiger partial charge in [0.25, 0.3) is 5.91 Å². The van der Waals surface area contributed by atoms with Gasteiger partial charge in [0.05, 0.1) is 12.2 Å². The van der Waals surface area contributed by atoms with Crippen molar-refractivity contribution in [2.75, 3.05) is 36.8 Å². The number of hydrogen-bond donors (Lipinski definition) is 4. The molecule has 0 radical (unpaired) electrons. The summed E-state index contributed by atoms with van der Waals surface area (Å²) < 4.78 is 29.4. The van der Waals surface area contributed by atoms with Gasteiger partial charge in [0, 0.05) is 30.4 Å². The Hall–Kier alpha value is -4.91. The van der Waals surface area contributed by atoms with Crippen LogP contribution in [0.1, 0.15) is 105 Å². The minimum Gasteiger partial charge on any atom is -0.374 e. The van der Waals surface area contributed by atoms with E-state index < -0.39 is 17.7 Å². The molecule has 52 heavy (non-hydrogen) atoms. The summed E-state index contributed by atoms with van der Waals surface area (Å²) >= 11 is 0. The van der Waals surface area contributed by atoms with Crippen LogP contribution in [0.5, 0.6) is 0 Å². The fraction of sp³-hybridized carbons (Fsp3) is 0.462. The van der Waals surface area contributed by atoms with Crippen molar-refractivity contribution in [1.29, 1.82) is 0 Å². The van der Waals surface area contributed by atoms with Crippen LogP contribution in [0.15, 0.2) is 60.9 Å². The summed E-state index contributed by atoms with van der Waals surface area (Å²) in [6.45, 7) is 5.62. The average Bonchev–Trinajstić information content (AvgIpc) is 3.57. The first-order chi connectivity index (χ1) is 25.2. The molecule has 13 heteroatoms. The second-order valence-corrected chi connectivity index (χ2v) is 13.9. The number of carbonyl (C=O) groups excluding carboxylic acids is 3. The summed E-state index contributed by atoms with van der Waals surface area (Å²) in [6, 6.07) is 12.5. The average molecular weight is 715 g/mol. The molecule has 2 aromatic heterocycles. The van der Waals surface area contributed by atoms with Gasteiger partial charge in [-0.25, -0.2) is 18.3 Å². The van der Waals surface area contributed by atoms with Gasteiger partial charge in [-0.2, -0.15) is 5.10 Å². The van der Waals surface area contributed by atoms with E-state index in [1.165, 1.54) is 35.5 Å². The quantitative estimate of drug-likeness (QED) is 0.0781. The van der Waals surface area contributed by atoms with Gasteiger partial charge >= 0.3 is 0 Å². The molecule has 2 aromatic carbocycles. The number of anilines is 2. The maximum atomic E-state index is 14.2. The van der Waals surface area contributed by atoms with E-state index >= 15 is 0 Å². The van der Waals surface area contributed by atoms with E-state index in [4.69, 9.17) is 0 Å². The number of hydrogen-bond acceptors (Lipinski definition) is 8. The van der Waals surface area contributed by atoms with E-state index in [9.17, 15) is 23.2 Å². The van der Waals surface area contributed by atoms with Crippen LogP contribution in [-0.4, -0.2) is 69.4 Å². The zero-order valence-corrected chi connectivity index (χ0v) is 29.7. The topological polar surface area (TPSA) is 133 Å². The molecule has 0 saturated carbocycles. The molecule has 2 unspecified atom stereocenters. The number of fused-ring (bicyclic) bond motifs is 1. The lowest BCUT2D eigenvalue weighted by Gasteiger charge is -2.32. The lowest BCUT2D eigenvalue weighted by atomic mass is 9.89. The number of likely N-dealkylation sites (tertiary alicyclic amines) is 1. The first-order valence-electron chi connectivity index (χ1n) is 18.5. The van der Waals surface area contributed by atoms with Crippen LogP contribution in [0.25, 0.3) is 5.65 Å². The summed E-state index contributed by atoms with van der Waals surface area (Å²) in [6.07, 6.45) is 13.0. The highest BCUT2D eigenvalue weighted by molar-refractivity contribution is 6.01. The Balaban J connectivity index is 0.826. The fourth-order valence-corrected chi connectivity index (χ4v) is 7.09. The van der Waals surface area contributed by atoms with Gasteiger partial charge in [0.1, 0.15) is 29.1 Å². The lowest BCUT2D eigenvalue weighted by molar-refractivity contribution is -0.133. The monoisotopic (exact) mass is 714 g/mol. The second-order valence-electron chi connectivity index (χ2n) is 13.9. The fourth-order valence-electron chi connectivity index (χ4n) is 7.09. The Morgan fingerprint density at radius 3 is 2.48 bits per heavy atom. The zero-order valence-electron chi connectivity index (χ0n) is 29.7. The van der Waals surface area contributed by atoms with Crippen LogP contribution < -0.4 is 21.3 Å². The molecule has 0 spiro atoms. The Morgan fingerprint density at radius 2 is 1.71 bits per heavy atom. The SMILES string of the molecule is CC(Nc1ccn2ncc(C(=O)NCCCCCCCCN3CCC(c4ccc(NC5CCC(=O)NC5=O)cc4)CC3)c2n1)c1cc(F)ccc1F. The van der Waals surface area contributed by atoms with E-state index in [1.54, 1.807) is 19.2 Å². The number of benzene rings is 2. The van der Waals surface area contributed by atoms with Gasteiger partial charge in [-0.05, 0) is 107 Å². The normalized spacial score (nSPS) is 17.6. The molecule has 2 aliphatic rings. The van der Waals surface area contributed by atoms with Gasteiger partial charge < -0.3 is 20.9 Å². The van der Waals surface area contributed by atoms with E-state index in [0.29, 0.717) is 42.3 Å². The minimum atomic E-state index is -0.542. The predicted molar refractivity (Wildman–Crippen MR) is 196 cm³/mol. The van der Waals surface area contributed by atoms with Gasteiger partial charge in [-0.15, -0.1) is 0 Å². The highest BCUT2D eigenvalue weighted by Crippen LogP contribution is 2.29. The van der Waals surface area contributed by atoms with Crippen molar-refractivity contribution in [3.05, 3.63) is 89.2 Å². The third-order valence-corrected chi connectivity index (χ3v) is 10.1. The Morgan fingerprint density at radius 1 is 0.962 bits per heavy atom. The van der Waals surface area contributed by atoms with Crippen molar-refractivity contribution < 1.29 is 23.2 Å². The number of carbonyl (C=O) groups is 3. The molecule has 2 aliphatic heterocycles. The molecule has 11 nitrogen and oxygen atoms in total. The number of piperidine rings is 2. The van der Waals surface area contributed by atoms with Crippen molar-refractivity contribution in [2.24, 2.45) is 0 Å². The maximum absolute atomic E-state index is 14.2. The van der Waals surface area contributed by atoms with Crippen molar-refractivity contribution in [3.8, 4) is 0 Å². The standard InChI is InChI=1S/C39H48F2N8O3/c1-26(31-24-29(40)10-13-33(31)41)44-35-18-23-49-37(46-35)32(25-43-49)38(51)42-19-6-4-2-3-5-7-20-48-21-16-28(17-22-48)27-8-11-30(12-9-27)45-34-14-15-36(50)47-39(34)52/h8-13,18,23-26,28,34,45H,2-7,14-17,19-22H2,1H3,(H,42,51)(H,44,46)(H,47,50,52). The van der Waals surface area contributed by atoms with Crippen molar-refractivity contribution in [3.63, 3.8) is 0 Å². The number of nitrogens with one attached hydrogen (secondary N) is 4. The van der Waals surface area contributed by atoms with E-state index in [1.807, 2.05) is 12.1 Å². The van der Waals surface area contributed by atoms with Crippen LogP contribution in [0, 0.1) is 11.6 Å². The molecule has 2 atom stereocenters. The van der Waals surface area contributed by atoms with E-state index in [0.717, 1.165) is 75.6 Å². The number of halogens is 2. The summed E-state index contributed by atoms with van der Waals surface area (Å²) in [4.78, 5) is 43.5. The van der Waals surface area contributed by atoms with Crippen molar-refractivity contribution in [1.82, 2.24) is 30.1 Å². The second kappa shape index (κ2) is 17.5. The highest BCUT2D eigenvalue weighted by atomic mass is 19.1. The van der Waals surface area contributed by atoms with Crippen LogP contribution in [0.2, 0.25) is 0 Å². The highest BCUT2D eigenvalue weighted by Gasteiger charge is 2.26. The largest absolute Gasteiger partial charge is 0.374 e. The Kier molecular flexibility index (Phi) is 12.4. The molecular weight excluding hydrogens is 666 g/mol. The van der Waals surface area contributed by atoms with E-state index in [2.05, 4.69) is 48.4 Å². The molecule has 4 N–H and O–H groups in total. The molecule has 276 valence electrons. The van der Waals surface area contributed by atoms with Gasteiger partial charge in [0.15, 0.2) is 5.65 Å². The summed E-state index contributed by atoms with van der Waals surface area (Å²) in [5.41, 5.74) is 3.17. The van der Waals surface area contributed by atoms with Crippen molar-refractivity contribution >= 4 is 34.9 Å². The molecule has 2 fully saturated rings. The number of imide groups is 1. The first kappa shape index (κ1) is 36.9. The molecular formula is C39H48F2N8O3. The molecule has 4 heterocycles. The molecule has 4 aromatic rings. The van der Waals surface area contributed by atoms with Crippen LogP contribution >= 0.6 is 0 Å². The third-order valence-electron chi connectivity index (χ3n) is 10.1. The molecule has 0 aliphatic carbocycles. The summed E-state index contributed by atoms with van der Waals surface area (Å²) in [7, 11) is 0. The molecule has 2 saturated heterocycles. The molecule has 3 amide bonds. The van der Waals surface area contributed by atoms with Crippen molar-refractivity contribution in [2.45, 2.75) is 89.1 Å². The van der Waals surface area contributed by atoms with Crippen LogP contribution in [0.3, 0.4) is 0 Å². The third kappa shape index (κ3) is 9.69. The number of aromatic nitrogens is 3. The Bertz CT molecular complexity index is 1840. The lowest BCUT2D eigenvalue weighted by Crippen LogP contribution is -2.47. The van der Waals surface area contributed by atoms with Crippen LogP contribution in [0.4, 0.5) is 20.3 Å². The minimum absolute atomic E-state index is 0.189. The molecule has 6 rings (SSSR count). The van der Waals surface area contributed by atoms with Gasteiger partial charge in [0.2, 0.25) is 11.8 Å². The summed E-state index contributed by atoms with van der Waals surface area (Å²) in [5.74, 6) is -0.756. The van der Waals surface area contributed by atoms with Gasteiger partial charge in [-0.1, -0.05) is 37.8 Å². The number of unbranched alkanes of at least 4 members (excludes halogenated alkanes) is 5. The smallest absolute Gasteiger partial charge is 0.256 e. The van der Waals surface area contributed by atoms with Gasteiger partial charge in [-0.3, -0.25) is 19.7 Å². The maximum Gasteiger partial charge on any atom is 0.256 e. The Labute approximate surface area is 302 Å². The van der Waals surface area contributed by atoms with Crippen LogP contribution in [-0.2, 0) is 9.59 Å².